The van der Waals surface area contributed by atoms with Gasteiger partial charge in [0, 0.05) is 16.8 Å². The number of aliphatic imine (C=N–C) groups is 1. The van der Waals surface area contributed by atoms with E-state index in [1.54, 1.807) is 37.6 Å². The zero-order valence-corrected chi connectivity index (χ0v) is 17.7. The highest BCUT2D eigenvalue weighted by atomic mass is 79.9. The summed E-state index contributed by atoms with van der Waals surface area (Å²) in [5.41, 5.74) is 3.05. The lowest BCUT2D eigenvalue weighted by molar-refractivity contribution is 0.278. The van der Waals surface area contributed by atoms with E-state index < -0.39 is 0 Å². The van der Waals surface area contributed by atoms with E-state index in [1.807, 2.05) is 31.2 Å². The number of halogens is 3. The molecule has 0 aliphatic rings. The molecule has 0 aliphatic carbocycles. The van der Waals surface area contributed by atoms with Crippen LogP contribution in [-0.4, -0.2) is 13.3 Å². The maximum atomic E-state index is 13.8. The first-order chi connectivity index (χ1) is 13.5. The highest BCUT2D eigenvalue weighted by molar-refractivity contribution is 9.10. The summed E-state index contributed by atoms with van der Waals surface area (Å²) in [6.07, 6.45) is 1.72. The SMILES string of the molecule is COc1cc(C=Nc2ccc(C)c(Cl)c2)cc(Br)c1OCc1ccccc1F. The molecule has 3 aromatic rings. The van der Waals surface area contributed by atoms with Gasteiger partial charge in [0.05, 0.1) is 17.3 Å². The predicted octanol–water partition coefficient (Wildman–Crippen LogP) is 6.89. The normalized spacial score (nSPS) is 11.0. The van der Waals surface area contributed by atoms with E-state index in [4.69, 9.17) is 21.1 Å². The Morgan fingerprint density at radius 1 is 1.14 bits per heavy atom. The second kappa shape index (κ2) is 9.22. The van der Waals surface area contributed by atoms with Crippen molar-refractivity contribution in [2.75, 3.05) is 7.11 Å². The minimum absolute atomic E-state index is 0.0942. The maximum Gasteiger partial charge on any atom is 0.175 e. The smallest absolute Gasteiger partial charge is 0.175 e. The Morgan fingerprint density at radius 3 is 2.64 bits per heavy atom. The summed E-state index contributed by atoms with van der Waals surface area (Å²) >= 11 is 9.64. The molecule has 28 heavy (non-hydrogen) atoms. The van der Waals surface area contributed by atoms with Gasteiger partial charge in [-0.15, -0.1) is 0 Å². The van der Waals surface area contributed by atoms with Crippen LogP contribution in [0.25, 0.3) is 0 Å². The molecule has 6 heteroatoms. The topological polar surface area (TPSA) is 30.8 Å². The van der Waals surface area contributed by atoms with Crippen molar-refractivity contribution in [1.29, 1.82) is 0 Å². The van der Waals surface area contributed by atoms with Crippen molar-refractivity contribution < 1.29 is 13.9 Å². The van der Waals surface area contributed by atoms with Gasteiger partial charge in [-0.2, -0.15) is 0 Å². The molecule has 3 aromatic carbocycles. The molecule has 0 fully saturated rings. The Labute approximate surface area is 176 Å². The van der Waals surface area contributed by atoms with Gasteiger partial charge >= 0.3 is 0 Å². The molecule has 0 aliphatic heterocycles. The molecule has 0 amide bonds. The fraction of sp³-hybridized carbons (Fsp3) is 0.136. The first-order valence-corrected chi connectivity index (χ1v) is 9.69. The van der Waals surface area contributed by atoms with Gasteiger partial charge < -0.3 is 9.47 Å². The van der Waals surface area contributed by atoms with Crippen LogP contribution in [0.3, 0.4) is 0 Å². The average molecular weight is 463 g/mol. The average Bonchev–Trinajstić information content (AvgIpc) is 2.68. The summed E-state index contributed by atoms with van der Waals surface area (Å²) in [6.45, 7) is 2.04. The second-order valence-corrected chi connectivity index (χ2v) is 7.37. The Morgan fingerprint density at radius 2 is 1.93 bits per heavy atom. The molecule has 0 heterocycles. The van der Waals surface area contributed by atoms with E-state index in [2.05, 4.69) is 20.9 Å². The van der Waals surface area contributed by atoms with Crippen LogP contribution in [0.5, 0.6) is 11.5 Å². The molecule has 0 spiro atoms. The second-order valence-electron chi connectivity index (χ2n) is 6.11. The number of ether oxygens (including phenoxy) is 2. The van der Waals surface area contributed by atoms with Crippen molar-refractivity contribution in [1.82, 2.24) is 0 Å². The first-order valence-electron chi connectivity index (χ1n) is 8.52. The van der Waals surface area contributed by atoms with Gasteiger partial charge in [-0.25, -0.2) is 4.39 Å². The summed E-state index contributed by atoms with van der Waals surface area (Å²) in [5, 5.41) is 0.672. The van der Waals surface area contributed by atoms with Gasteiger partial charge in [-0.1, -0.05) is 35.9 Å². The van der Waals surface area contributed by atoms with Gasteiger partial charge in [-0.05, 0) is 64.3 Å². The zero-order valence-electron chi connectivity index (χ0n) is 15.4. The monoisotopic (exact) mass is 461 g/mol. The lowest BCUT2D eigenvalue weighted by Gasteiger charge is -2.14. The predicted molar refractivity (Wildman–Crippen MR) is 115 cm³/mol. The number of benzene rings is 3. The van der Waals surface area contributed by atoms with Crippen molar-refractivity contribution in [3.05, 3.63) is 86.6 Å². The van der Waals surface area contributed by atoms with E-state index in [0.29, 0.717) is 26.6 Å². The molecule has 144 valence electrons. The van der Waals surface area contributed by atoms with Crippen LogP contribution >= 0.6 is 27.5 Å². The number of hydrogen-bond acceptors (Lipinski definition) is 3. The molecule has 0 radical (unpaired) electrons. The molecule has 0 unspecified atom stereocenters. The molecule has 0 atom stereocenters. The number of aryl methyl sites for hydroxylation is 1. The summed E-state index contributed by atoms with van der Waals surface area (Å²) in [5.74, 6) is 0.716. The van der Waals surface area contributed by atoms with Crippen LogP contribution in [0.1, 0.15) is 16.7 Å². The largest absolute Gasteiger partial charge is 0.493 e. The van der Waals surface area contributed by atoms with Crippen LogP contribution in [0.4, 0.5) is 10.1 Å². The highest BCUT2D eigenvalue weighted by Gasteiger charge is 2.12. The van der Waals surface area contributed by atoms with Gasteiger partial charge in [-0.3, -0.25) is 4.99 Å². The lowest BCUT2D eigenvalue weighted by Crippen LogP contribution is -2.01. The Hall–Kier alpha value is -2.37. The molecular formula is C22H18BrClFNO2. The summed E-state index contributed by atoms with van der Waals surface area (Å²) in [7, 11) is 1.55. The van der Waals surface area contributed by atoms with Crippen molar-refractivity contribution in [2.45, 2.75) is 13.5 Å². The Bertz CT molecular complexity index is 1020. The van der Waals surface area contributed by atoms with Crippen LogP contribution in [0.2, 0.25) is 5.02 Å². The molecular weight excluding hydrogens is 445 g/mol. The van der Waals surface area contributed by atoms with Gasteiger partial charge in [0.25, 0.3) is 0 Å². The standard InChI is InChI=1S/C22H18BrClFNO2/c1-14-7-8-17(11-19(14)24)26-12-15-9-18(23)22(21(10-15)27-2)28-13-16-5-3-4-6-20(16)25/h3-12H,13H2,1-2H3. The third-order valence-corrected chi connectivity index (χ3v) is 5.10. The van der Waals surface area contributed by atoms with Crippen LogP contribution in [-0.2, 0) is 6.61 Å². The molecule has 0 saturated heterocycles. The van der Waals surface area contributed by atoms with Crippen LogP contribution < -0.4 is 9.47 Å². The molecule has 3 rings (SSSR count). The Balaban J connectivity index is 1.81. The maximum absolute atomic E-state index is 13.8. The highest BCUT2D eigenvalue weighted by Crippen LogP contribution is 2.37. The number of rotatable bonds is 6. The minimum Gasteiger partial charge on any atom is -0.493 e. The third kappa shape index (κ3) is 4.91. The number of methoxy groups -OCH3 is 1. The molecule has 0 bridgehead atoms. The number of nitrogens with zero attached hydrogens (tertiary/aromatic N) is 1. The fourth-order valence-corrected chi connectivity index (χ4v) is 3.28. The van der Waals surface area contributed by atoms with Gasteiger partial charge in [0.2, 0.25) is 0 Å². The van der Waals surface area contributed by atoms with E-state index in [-0.39, 0.29) is 12.4 Å². The first kappa shape index (κ1) is 20.4. The van der Waals surface area contributed by atoms with Crippen molar-refractivity contribution in [2.24, 2.45) is 4.99 Å². The fourth-order valence-electron chi connectivity index (χ4n) is 2.53. The van der Waals surface area contributed by atoms with Crippen LogP contribution in [0, 0.1) is 12.7 Å². The van der Waals surface area contributed by atoms with E-state index in [1.165, 1.54) is 6.07 Å². The van der Waals surface area contributed by atoms with Crippen LogP contribution in [0.15, 0.2) is 64.1 Å². The summed E-state index contributed by atoms with van der Waals surface area (Å²) < 4.78 is 25.7. The molecule has 0 aromatic heterocycles. The third-order valence-electron chi connectivity index (χ3n) is 4.10. The minimum atomic E-state index is -0.307. The Kier molecular flexibility index (Phi) is 6.70. The van der Waals surface area contributed by atoms with Crippen molar-refractivity contribution in [3.63, 3.8) is 0 Å². The van der Waals surface area contributed by atoms with Crippen molar-refractivity contribution in [3.8, 4) is 11.5 Å². The molecule has 0 saturated carbocycles. The summed E-state index contributed by atoms with van der Waals surface area (Å²) in [4.78, 5) is 4.45. The van der Waals surface area contributed by atoms with Gasteiger partial charge in [0.15, 0.2) is 11.5 Å². The van der Waals surface area contributed by atoms with E-state index in [0.717, 1.165) is 16.8 Å². The van der Waals surface area contributed by atoms with Crippen molar-refractivity contribution >= 4 is 39.4 Å². The van der Waals surface area contributed by atoms with E-state index in [9.17, 15) is 4.39 Å². The molecule has 0 N–H and O–H groups in total. The quantitative estimate of drug-likeness (QED) is 0.374. The lowest BCUT2D eigenvalue weighted by atomic mass is 10.2. The van der Waals surface area contributed by atoms with Gasteiger partial charge in [0.1, 0.15) is 12.4 Å². The number of hydrogen-bond donors (Lipinski definition) is 0. The van der Waals surface area contributed by atoms with E-state index >= 15 is 0 Å². The zero-order chi connectivity index (χ0) is 20.1. The summed E-state index contributed by atoms with van der Waals surface area (Å²) in [6, 6.07) is 15.8. The molecule has 3 nitrogen and oxygen atoms in total.